The number of carbonyl (C=O) groups excluding carboxylic acids is 3. The van der Waals surface area contributed by atoms with Crippen molar-refractivity contribution in [3.8, 4) is 0 Å². The SMILES string of the molecule is O=C1CC/C=C\C[C@@H](NC(=O)c2ncc[nH]2)C(=O)OC[C@@H](c2ccccc2)N1. The van der Waals surface area contributed by atoms with Gasteiger partial charge in [-0.25, -0.2) is 9.78 Å². The molecule has 1 aromatic heterocycles. The maximum atomic E-state index is 12.6. The van der Waals surface area contributed by atoms with Gasteiger partial charge in [-0.1, -0.05) is 42.5 Å². The number of ether oxygens (including phenoxy) is 1. The number of rotatable bonds is 3. The quantitative estimate of drug-likeness (QED) is 0.552. The zero-order valence-corrected chi connectivity index (χ0v) is 15.3. The number of cyclic esters (lactones) is 1. The lowest BCUT2D eigenvalue weighted by Gasteiger charge is -2.22. The van der Waals surface area contributed by atoms with Crippen molar-refractivity contribution in [1.82, 2.24) is 20.6 Å². The van der Waals surface area contributed by atoms with Gasteiger partial charge >= 0.3 is 5.97 Å². The van der Waals surface area contributed by atoms with Gasteiger partial charge in [-0.15, -0.1) is 0 Å². The molecule has 0 bridgehead atoms. The first-order valence-corrected chi connectivity index (χ1v) is 9.09. The molecule has 0 aliphatic carbocycles. The Morgan fingerprint density at radius 2 is 2.00 bits per heavy atom. The summed E-state index contributed by atoms with van der Waals surface area (Å²) in [5.41, 5.74) is 0.840. The van der Waals surface area contributed by atoms with Crippen molar-refractivity contribution in [3.05, 3.63) is 66.3 Å². The Kier molecular flexibility index (Phi) is 6.56. The number of nitrogens with one attached hydrogen (secondary N) is 3. The first-order valence-electron chi connectivity index (χ1n) is 9.09. The van der Waals surface area contributed by atoms with E-state index in [2.05, 4.69) is 20.6 Å². The molecule has 0 fully saturated rings. The van der Waals surface area contributed by atoms with Crippen LogP contribution in [0.4, 0.5) is 0 Å². The molecule has 3 rings (SSSR count). The molecule has 2 aromatic rings. The van der Waals surface area contributed by atoms with Crippen LogP contribution in [0.2, 0.25) is 0 Å². The van der Waals surface area contributed by atoms with E-state index in [0.29, 0.717) is 12.8 Å². The van der Waals surface area contributed by atoms with Gasteiger partial charge in [-0.3, -0.25) is 9.59 Å². The molecule has 146 valence electrons. The zero-order valence-electron chi connectivity index (χ0n) is 15.3. The molecule has 2 atom stereocenters. The Labute approximate surface area is 162 Å². The lowest BCUT2D eigenvalue weighted by atomic mass is 10.1. The summed E-state index contributed by atoms with van der Waals surface area (Å²) in [6, 6.07) is 8.00. The fraction of sp³-hybridized carbons (Fsp3) is 0.300. The van der Waals surface area contributed by atoms with E-state index in [1.54, 1.807) is 6.08 Å². The summed E-state index contributed by atoms with van der Waals surface area (Å²) >= 11 is 0. The Morgan fingerprint density at radius 1 is 1.18 bits per heavy atom. The summed E-state index contributed by atoms with van der Waals surface area (Å²) in [6.07, 6.45) is 7.71. The van der Waals surface area contributed by atoms with Gasteiger partial charge in [0.2, 0.25) is 5.91 Å². The minimum Gasteiger partial charge on any atom is -0.462 e. The standard InChI is InChI=1S/C20H22N4O4/c25-17-10-6-2-5-9-15(24-19(26)18-21-11-12-22-18)20(27)28-13-16(23-17)14-7-3-1-4-8-14/h1-5,7-8,11-12,15-16H,6,9-10,13H2,(H,21,22)(H,23,25)(H,24,26)/b5-2-/t15-,16+/m1/s1. The van der Waals surface area contributed by atoms with Gasteiger partial charge in [0.1, 0.15) is 12.6 Å². The van der Waals surface area contributed by atoms with Crippen molar-refractivity contribution in [2.24, 2.45) is 0 Å². The van der Waals surface area contributed by atoms with Gasteiger partial charge in [0.05, 0.1) is 6.04 Å². The highest BCUT2D eigenvalue weighted by Gasteiger charge is 2.25. The number of carbonyl (C=O) groups is 3. The van der Waals surface area contributed by atoms with E-state index in [4.69, 9.17) is 4.74 Å². The molecule has 1 aliphatic heterocycles. The van der Waals surface area contributed by atoms with E-state index in [0.717, 1.165) is 5.56 Å². The van der Waals surface area contributed by atoms with Gasteiger partial charge in [-0.2, -0.15) is 0 Å². The number of nitrogens with zero attached hydrogens (tertiary/aromatic N) is 1. The first-order chi connectivity index (χ1) is 13.6. The Morgan fingerprint density at radius 3 is 2.75 bits per heavy atom. The lowest BCUT2D eigenvalue weighted by Crippen LogP contribution is -2.43. The molecule has 8 heteroatoms. The van der Waals surface area contributed by atoms with Crippen LogP contribution in [0.5, 0.6) is 0 Å². The van der Waals surface area contributed by atoms with Crippen LogP contribution in [0, 0.1) is 0 Å². The molecule has 2 amide bonds. The van der Waals surface area contributed by atoms with Crippen LogP contribution in [0.3, 0.4) is 0 Å². The van der Waals surface area contributed by atoms with Crippen molar-refractivity contribution < 1.29 is 19.1 Å². The van der Waals surface area contributed by atoms with Crippen molar-refractivity contribution in [1.29, 1.82) is 0 Å². The monoisotopic (exact) mass is 382 g/mol. The highest BCUT2D eigenvalue weighted by molar-refractivity contribution is 5.93. The maximum Gasteiger partial charge on any atom is 0.329 e. The molecular weight excluding hydrogens is 360 g/mol. The highest BCUT2D eigenvalue weighted by Crippen LogP contribution is 2.15. The first kappa shape index (κ1) is 19.3. The largest absolute Gasteiger partial charge is 0.462 e. The number of imidazole rings is 1. The highest BCUT2D eigenvalue weighted by atomic mass is 16.5. The molecule has 0 saturated heterocycles. The number of esters is 1. The molecule has 28 heavy (non-hydrogen) atoms. The summed E-state index contributed by atoms with van der Waals surface area (Å²) in [5, 5.41) is 5.54. The fourth-order valence-corrected chi connectivity index (χ4v) is 2.83. The second kappa shape index (κ2) is 9.50. The molecule has 8 nitrogen and oxygen atoms in total. The van der Waals surface area contributed by atoms with Gasteiger partial charge in [-0.05, 0) is 18.4 Å². The van der Waals surface area contributed by atoms with E-state index in [1.807, 2.05) is 36.4 Å². The van der Waals surface area contributed by atoms with Crippen LogP contribution < -0.4 is 10.6 Å². The van der Waals surface area contributed by atoms with Crippen LogP contribution >= 0.6 is 0 Å². The molecule has 2 heterocycles. The Hall–Kier alpha value is -3.42. The molecular formula is C20H22N4O4. The summed E-state index contributed by atoms with van der Waals surface area (Å²) in [6.45, 7) is -0.0224. The van der Waals surface area contributed by atoms with Crippen molar-refractivity contribution in [3.63, 3.8) is 0 Å². The van der Waals surface area contributed by atoms with Crippen molar-refractivity contribution in [2.75, 3.05) is 6.61 Å². The maximum absolute atomic E-state index is 12.6. The van der Waals surface area contributed by atoms with Gasteiger partial charge < -0.3 is 20.4 Å². The van der Waals surface area contributed by atoms with Crippen LogP contribution in [-0.4, -0.2) is 40.4 Å². The predicted molar refractivity (Wildman–Crippen MR) is 101 cm³/mol. The van der Waals surface area contributed by atoms with E-state index in [1.165, 1.54) is 12.4 Å². The van der Waals surface area contributed by atoms with Crippen LogP contribution in [0.1, 0.15) is 41.5 Å². The van der Waals surface area contributed by atoms with Crippen molar-refractivity contribution in [2.45, 2.75) is 31.3 Å². The summed E-state index contributed by atoms with van der Waals surface area (Å²) < 4.78 is 5.43. The number of benzene rings is 1. The second-order valence-electron chi connectivity index (χ2n) is 6.37. The van der Waals surface area contributed by atoms with E-state index < -0.39 is 24.0 Å². The number of aromatic nitrogens is 2. The average Bonchev–Trinajstić information content (AvgIpc) is 3.24. The molecule has 0 unspecified atom stereocenters. The molecule has 0 saturated carbocycles. The topological polar surface area (TPSA) is 113 Å². The number of H-pyrrole nitrogens is 1. The normalized spacial score (nSPS) is 22.1. The Bertz CT molecular complexity index is 833. The molecule has 1 aliphatic rings. The minimum atomic E-state index is -0.847. The smallest absolute Gasteiger partial charge is 0.329 e. The molecule has 0 radical (unpaired) electrons. The van der Waals surface area contributed by atoms with E-state index in [9.17, 15) is 14.4 Å². The van der Waals surface area contributed by atoms with E-state index in [-0.39, 0.29) is 24.8 Å². The number of amides is 2. The molecule has 1 aromatic carbocycles. The van der Waals surface area contributed by atoms with Gasteiger partial charge in [0, 0.05) is 18.8 Å². The summed E-state index contributed by atoms with van der Waals surface area (Å²) in [7, 11) is 0. The minimum absolute atomic E-state index is 0.0224. The number of allylic oxidation sites excluding steroid dienone is 1. The number of hydrogen-bond acceptors (Lipinski definition) is 5. The third-order valence-electron chi connectivity index (χ3n) is 4.31. The third-order valence-corrected chi connectivity index (χ3v) is 4.31. The lowest BCUT2D eigenvalue weighted by molar-refractivity contribution is -0.147. The predicted octanol–water partition coefficient (Wildman–Crippen LogP) is 1.65. The number of hydrogen-bond donors (Lipinski definition) is 3. The second-order valence-corrected chi connectivity index (χ2v) is 6.37. The summed E-state index contributed by atoms with van der Waals surface area (Å²) in [4.78, 5) is 43.5. The fourth-order valence-electron chi connectivity index (χ4n) is 2.83. The van der Waals surface area contributed by atoms with Gasteiger partial charge in [0.25, 0.3) is 5.91 Å². The zero-order chi connectivity index (χ0) is 19.8. The van der Waals surface area contributed by atoms with Crippen LogP contribution in [-0.2, 0) is 14.3 Å². The van der Waals surface area contributed by atoms with E-state index >= 15 is 0 Å². The van der Waals surface area contributed by atoms with Crippen LogP contribution in [0.15, 0.2) is 54.9 Å². The third kappa shape index (κ3) is 5.29. The average molecular weight is 382 g/mol. The van der Waals surface area contributed by atoms with Crippen molar-refractivity contribution >= 4 is 17.8 Å². The van der Waals surface area contributed by atoms with Gasteiger partial charge in [0.15, 0.2) is 5.82 Å². The molecule has 3 N–H and O–H groups in total. The number of aromatic amines is 1. The summed E-state index contributed by atoms with van der Waals surface area (Å²) in [5.74, 6) is -1.05. The van der Waals surface area contributed by atoms with Crippen LogP contribution in [0.25, 0.3) is 0 Å². The molecule has 0 spiro atoms. The Balaban J connectivity index is 1.73.